The van der Waals surface area contributed by atoms with Crippen molar-refractivity contribution < 1.29 is 4.79 Å². The highest BCUT2D eigenvalue weighted by atomic mass is 16.1. The summed E-state index contributed by atoms with van der Waals surface area (Å²) < 4.78 is 0. The Morgan fingerprint density at radius 1 is 1.54 bits per heavy atom. The maximum atomic E-state index is 11.5. The van der Waals surface area contributed by atoms with Crippen molar-refractivity contribution in [1.82, 2.24) is 0 Å². The van der Waals surface area contributed by atoms with Gasteiger partial charge >= 0.3 is 0 Å². The molecule has 1 heteroatoms. The molecule has 1 rings (SSSR count). The lowest BCUT2D eigenvalue weighted by Gasteiger charge is -2.30. The van der Waals surface area contributed by atoms with E-state index in [4.69, 9.17) is 0 Å². The van der Waals surface area contributed by atoms with Gasteiger partial charge in [0.15, 0.2) is 5.78 Å². The molecule has 0 aromatic carbocycles. The van der Waals surface area contributed by atoms with Crippen LogP contribution in [0, 0.1) is 17.3 Å². The molecule has 0 bridgehead atoms. The minimum atomic E-state index is 0.216. The van der Waals surface area contributed by atoms with Crippen molar-refractivity contribution in [2.45, 2.75) is 40.5 Å². The zero-order chi connectivity index (χ0) is 10.1. The van der Waals surface area contributed by atoms with E-state index in [1.165, 1.54) is 0 Å². The molecule has 13 heavy (non-hydrogen) atoms. The summed E-state index contributed by atoms with van der Waals surface area (Å²) in [7, 11) is 0. The van der Waals surface area contributed by atoms with E-state index in [1.807, 2.05) is 6.08 Å². The van der Waals surface area contributed by atoms with Gasteiger partial charge in [0, 0.05) is 5.92 Å². The standard InChI is InChI=1S/C12H20O/c1-9(2)7-10-8-12(3,4)6-5-11(10)13/h5-6,9-10H,7-8H2,1-4H3. The second-order valence-electron chi connectivity index (χ2n) is 5.25. The lowest BCUT2D eigenvalue weighted by molar-refractivity contribution is -0.120. The van der Waals surface area contributed by atoms with Gasteiger partial charge in [-0.15, -0.1) is 0 Å². The summed E-state index contributed by atoms with van der Waals surface area (Å²) in [6.07, 6.45) is 5.87. The van der Waals surface area contributed by atoms with Crippen molar-refractivity contribution in [3.05, 3.63) is 12.2 Å². The van der Waals surface area contributed by atoms with Crippen molar-refractivity contribution in [1.29, 1.82) is 0 Å². The number of carbonyl (C=O) groups excluding carboxylic acids is 1. The molecule has 1 unspecified atom stereocenters. The molecule has 0 spiro atoms. The smallest absolute Gasteiger partial charge is 0.158 e. The molecule has 0 saturated heterocycles. The third-order valence-corrected chi connectivity index (χ3v) is 2.63. The summed E-state index contributed by atoms with van der Waals surface area (Å²) in [5, 5.41) is 0. The first-order valence-corrected chi connectivity index (χ1v) is 5.14. The molecule has 0 aliphatic heterocycles. The Kier molecular flexibility index (Phi) is 2.94. The fraction of sp³-hybridized carbons (Fsp3) is 0.750. The van der Waals surface area contributed by atoms with Gasteiger partial charge < -0.3 is 0 Å². The fourth-order valence-electron chi connectivity index (χ4n) is 2.02. The monoisotopic (exact) mass is 180 g/mol. The van der Waals surface area contributed by atoms with Crippen molar-refractivity contribution in [2.24, 2.45) is 17.3 Å². The van der Waals surface area contributed by atoms with Gasteiger partial charge in [-0.25, -0.2) is 0 Å². The van der Waals surface area contributed by atoms with Crippen molar-refractivity contribution in [2.75, 3.05) is 0 Å². The molecule has 1 atom stereocenters. The largest absolute Gasteiger partial charge is 0.295 e. The van der Waals surface area contributed by atoms with Crippen LogP contribution in [-0.4, -0.2) is 5.78 Å². The average Bonchev–Trinajstić information content (AvgIpc) is 1.95. The minimum Gasteiger partial charge on any atom is -0.295 e. The minimum absolute atomic E-state index is 0.216. The van der Waals surface area contributed by atoms with Crippen molar-refractivity contribution >= 4 is 5.78 Å². The number of hydrogen-bond donors (Lipinski definition) is 0. The zero-order valence-corrected chi connectivity index (χ0v) is 9.13. The highest BCUT2D eigenvalue weighted by Crippen LogP contribution is 2.34. The molecule has 0 saturated carbocycles. The third-order valence-electron chi connectivity index (χ3n) is 2.63. The Morgan fingerprint density at radius 3 is 2.69 bits per heavy atom. The van der Waals surface area contributed by atoms with Crippen LogP contribution in [0.1, 0.15) is 40.5 Å². The van der Waals surface area contributed by atoms with Gasteiger partial charge in [0.1, 0.15) is 0 Å². The Labute approximate surface area is 81.2 Å². The van der Waals surface area contributed by atoms with E-state index in [-0.39, 0.29) is 11.3 Å². The van der Waals surface area contributed by atoms with Crippen LogP contribution in [0.15, 0.2) is 12.2 Å². The Hall–Kier alpha value is -0.590. The topological polar surface area (TPSA) is 17.1 Å². The fourth-order valence-corrected chi connectivity index (χ4v) is 2.02. The first-order valence-electron chi connectivity index (χ1n) is 5.14. The van der Waals surface area contributed by atoms with Crippen LogP contribution in [0.3, 0.4) is 0 Å². The quantitative estimate of drug-likeness (QED) is 0.637. The molecule has 0 aromatic heterocycles. The number of carbonyl (C=O) groups is 1. The molecule has 0 aromatic rings. The van der Waals surface area contributed by atoms with Gasteiger partial charge in [0.2, 0.25) is 0 Å². The lowest BCUT2D eigenvalue weighted by Crippen LogP contribution is -2.26. The number of allylic oxidation sites excluding steroid dienone is 2. The Balaban J connectivity index is 2.67. The molecule has 0 N–H and O–H groups in total. The van der Waals surface area contributed by atoms with Crippen LogP contribution < -0.4 is 0 Å². The van der Waals surface area contributed by atoms with E-state index < -0.39 is 0 Å². The Morgan fingerprint density at radius 2 is 2.15 bits per heavy atom. The molecule has 1 nitrogen and oxygen atoms in total. The molecule has 74 valence electrons. The van der Waals surface area contributed by atoms with E-state index in [1.54, 1.807) is 6.08 Å². The number of ketones is 1. The van der Waals surface area contributed by atoms with Crippen LogP contribution in [-0.2, 0) is 4.79 Å². The first-order chi connectivity index (χ1) is 5.91. The first kappa shape index (κ1) is 10.5. The van der Waals surface area contributed by atoms with Crippen LogP contribution in [0.4, 0.5) is 0 Å². The average molecular weight is 180 g/mol. The molecule has 1 aliphatic rings. The summed E-state index contributed by atoms with van der Waals surface area (Å²) >= 11 is 0. The van der Waals surface area contributed by atoms with Gasteiger partial charge in [0.25, 0.3) is 0 Å². The van der Waals surface area contributed by atoms with E-state index >= 15 is 0 Å². The highest BCUT2D eigenvalue weighted by Gasteiger charge is 2.29. The number of rotatable bonds is 2. The van der Waals surface area contributed by atoms with Gasteiger partial charge in [-0.05, 0) is 30.3 Å². The molecular formula is C12H20O. The van der Waals surface area contributed by atoms with Crippen LogP contribution in [0.5, 0.6) is 0 Å². The molecule has 0 heterocycles. The van der Waals surface area contributed by atoms with Crippen molar-refractivity contribution in [3.8, 4) is 0 Å². The summed E-state index contributed by atoms with van der Waals surface area (Å²) in [6, 6.07) is 0. The third kappa shape index (κ3) is 2.98. The second kappa shape index (κ2) is 3.65. The van der Waals surface area contributed by atoms with E-state index in [0.717, 1.165) is 12.8 Å². The molecule has 0 fully saturated rings. The molecule has 1 aliphatic carbocycles. The van der Waals surface area contributed by atoms with Crippen molar-refractivity contribution in [3.63, 3.8) is 0 Å². The van der Waals surface area contributed by atoms with E-state index in [9.17, 15) is 4.79 Å². The van der Waals surface area contributed by atoms with Crippen LogP contribution in [0.25, 0.3) is 0 Å². The summed E-state index contributed by atoms with van der Waals surface area (Å²) in [4.78, 5) is 11.5. The predicted octanol–water partition coefficient (Wildman–Crippen LogP) is 3.20. The van der Waals surface area contributed by atoms with Crippen LogP contribution in [0.2, 0.25) is 0 Å². The maximum Gasteiger partial charge on any atom is 0.158 e. The van der Waals surface area contributed by atoms with Gasteiger partial charge in [-0.3, -0.25) is 4.79 Å². The summed E-state index contributed by atoms with van der Waals surface area (Å²) in [5.74, 6) is 1.21. The maximum absolute atomic E-state index is 11.5. The molecule has 0 radical (unpaired) electrons. The zero-order valence-electron chi connectivity index (χ0n) is 9.13. The molecule has 0 amide bonds. The van der Waals surface area contributed by atoms with Gasteiger partial charge in [0.05, 0.1) is 0 Å². The second-order valence-corrected chi connectivity index (χ2v) is 5.25. The lowest BCUT2D eigenvalue weighted by atomic mass is 9.74. The predicted molar refractivity (Wildman–Crippen MR) is 55.5 cm³/mol. The Bertz CT molecular complexity index is 223. The van der Waals surface area contributed by atoms with E-state index in [2.05, 4.69) is 27.7 Å². The summed E-state index contributed by atoms with van der Waals surface area (Å²) in [6.45, 7) is 8.75. The number of hydrogen-bond acceptors (Lipinski definition) is 1. The van der Waals surface area contributed by atoms with Gasteiger partial charge in [-0.2, -0.15) is 0 Å². The summed E-state index contributed by atoms with van der Waals surface area (Å²) in [5.41, 5.74) is 0.216. The van der Waals surface area contributed by atoms with E-state index in [0.29, 0.717) is 11.7 Å². The SMILES string of the molecule is CC(C)CC1CC(C)(C)C=CC1=O. The normalized spacial score (nSPS) is 26.8. The van der Waals surface area contributed by atoms with Gasteiger partial charge in [-0.1, -0.05) is 33.8 Å². The van der Waals surface area contributed by atoms with Crippen LogP contribution >= 0.6 is 0 Å². The highest BCUT2D eigenvalue weighted by molar-refractivity contribution is 5.92. The molecular weight excluding hydrogens is 160 g/mol.